The van der Waals surface area contributed by atoms with Crippen molar-refractivity contribution in [3.05, 3.63) is 0 Å². The van der Waals surface area contributed by atoms with Crippen molar-refractivity contribution in [1.82, 2.24) is 0 Å². The third-order valence-corrected chi connectivity index (χ3v) is 0.924. The third kappa shape index (κ3) is 6.25. The number of halogens is 1. The Morgan fingerprint density at radius 2 is 1.86 bits per heavy atom. The van der Waals surface area contributed by atoms with Crippen LogP contribution in [0, 0.1) is 0 Å². The molecule has 0 saturated heterocycles. The van der Waals surface area contributed by atoms with Gasteiger partial charge >= 0.3 is 0 Å². The van der Waals surface area contributed by atoms with E-state index in [1.54, 1.807) is 0 Å². The van der Waals surface area contributed by atoms with Crippen molar-refractivity contribution in [3.8, 4) is 0 Å². The molecule has 2 heteroatoms. The second-order valence-electron chi connectivity index (χ2n) is 2.26. The van der Waals surface area contributed by atoms with Crippen LogP contribution in [-0.2, 0) is 0 Å². The van der Waals surface area contributed by atoms with Crippen molar-refractivity contribution in [3.63, 3.8) is 0 Å². The molecular weight excluding hydrogens is 110 g/mol. The quantitative estimate of drug-likeness (QED) is 0.489. The summed E-state index contributed by atoms with van der Waals surface area (Å²) < 4.78 is 0.566. The molecule has 0 aliphatic carbocycles. The lowest BCUT2D eigenvalue weighted by Gasteiger charge is -2.15. The van der Waals surface area contributed by atoms with E-state index in [1.165, 1.54) is 0 Å². The van der Waals surface area contributed by atoms with Crippen molar-refractivity contribution < 1.29 is 4.00 Å². The Morgan fingerprint density at radius 1 is 1.43 bits per heavy atom. The summed E-state index contributed by atoms with van der Waals surface area (Å²) in [5.41, 5.74) is 0. The van der Waals surface area contributed by atoms with Crippen LogP contribution in [0.1, 0.15) is 13.3 Å². The van der Waals surface area contributed by atoms with E-state index in [4.69, 9.17) is 11.8 Å². The van der Waals surface area contributed by atoms with Gasteiger partial charge in [0.2, 0.25) is 0 Å². The topological polar surface area (TPSA) is 0 Å². The van der Waals surface area contributed by atoms with Gasteiger partial charge in [0.15, 0.2) is 11.8 Å². The molecule has 0 aromatic rings. The molecule has 0 saturated carbocycles. The predicted molar refractivity (Wildman–Crippen MR) is 33.1 cm³/mol. The summed E-state index contributed by atoms with van der Waals surface area (Å²) in [6.07, 6.45) is 1.15. The summed E-state index contributed by atoms with van der Waals surface area (Å²) in [5, 5.41) is 0. The largest absolute Gasteiger partial charge is 0.227 e. The Labute approximate surface area is 50.6 Å². The van der Waals surface area contributed by atoms with Gasteiger partial charge in [0.25, 0.3) is 0 Å². The summed E-state index contributed by atoms with van der Waals surface area (Å²) in [4.78, 5) is 0. The summed E-state index contributed by atoms with van der Waals surface area (Å²) in [6.45, 7) is 3.17. The standard InChI is InChI=1S/C5H13ClN/c1-4-5-7(2,3)6/h4-5H2,1-3H3/q+1. The van der Waals surface area contributed by atoms with Crippen LogP contribution < -0.4 is 0 Å². The van der Waals surface area contributed by atoms with Crippen LogP contribution in [0.4, 0.5) is 0 Å². The average Bonchev–Trinajstić information content (AvgIpc) is 1.30. The number of nitrogens with zero attached hydrogens (tertiary/aromatic N) is 1. The summed E-state index contributed by atoms with van der Waals surface area (Å²) in [5.74, 6) is 0. The minimum atomic E-state index is 0.566. The van der Waals surface area contributed by atoms with E-state index in [9.17, 15) is 0 Å². The maximum atomic E-state index is 5.77. The van der Waals surface area contributed by atoms with Crippen LogP contribution >= 0.6 is 11.8 Å². The molecule has 0 rings (SSSR count). The Morgan fingerprint density at radius 3 is 1.86 bits per heavy atom. The molecule has 1 nitrogen and oxygen atoms in total. The molecule has 0 heterocycles. The zero-order valence-electron chi connectivity index (χ0n) is 5.24. The van der Waals surface area contributed by atoms with Crippen LogP contribution in [0.2, 0.25) is 0 Å². The number of rotatable bonds is 2. The molecule has 0 N–H and O–H groups in total. The fourth-order valence-corrected chi connectivity index (χ4v) is 0.701. The highest BCUT2D eigenvalue weighted by atomic mass is 35.5. The lowest BCUT2D eigenvalue weighted by Crippen LogP contribution is -2.28. The Bertz CT molecular complexity index is 46.5. The highest BCUT2D eigenvalue weighted by molar-refractivity contribution is 6.06. The van der Waals surface area contributed by atoms with Crippen molar-refractivity contribution in [2.75, 3.05) is 20.6 Å². The predicted octanol–water partition coefficient (Wildman–Crippen LogP) is 1.63. The fourth-order valence-electron chi connectivity index (χ4n) is 0.532. The summed E-state index contributed by atoms with van der Waals surface area (Å²) in [6, 6.07) is 0. The van der Waals surface area contributed by atoms with E-state index in [1.807, 2.05) is 14.1 Å². The van der Waals surface area contributed by atoms with Crippen molar-refractivity contribution in [1.29, 1.82) is 0 Å². The van der Waals surface area contributed by atoms with Gasteiger partial charge < -0.3 is 0 Å². The van der Waals surface area contributed by atoms with E-state index >= 15 is 0 Å². The van der Waals surface area contributed by atoms with E-state index in [0.717, 1.165) is 13.0 Å². The Balaban J connectivity index is 3.15. The maximum absolute atomic E-state index is 5.77. The minimum Gasteiger partial charge on any atom is -0.227 e. The van der Waals surface area contributed by atoms with E-state index in [-0.39, 0.29) is 0 Å². The number of quaternary nitrogens is 1. The van der Waals surface area contributed by atoms with Crippen molar-refractivity contribution in [2.24, 2.45) is 0 Å². The molecule has 0 aromatic carbocycles. The second kappa shape index (κ2) is 2.53. The maximum Gasteiger partial charge on any atom is 0.164 e. The summed E-state index contributed by atoms with van der Waals surface area (Å²) >= 11 is 5.77. The minimum absolute atomic E-state index is 0.566. The van der Waals surface area contributed by atoms with E-state index in [2.05, 4.69) is 6.92 Å². The van der Waals surface area contributed by atoms with Crippen LogP contribution in [0.15, 0.2) is 0 Å². The van der Waals surface area contributed by atoms with Gasteiger partial charge in [-0.15, -0.1) is 0 Å². The molecule has 0 aliphatic heterocycles. The van der Waals surface area contributed by atoms with Crippen molar-refractivity contribution >= 4 is 11.8 Å². The second-order valence-corrected chi connectivity index (χ2v) is 3.18. The SMILES string of the molecule is CCC[N+](C)(C)Cl. The van der Waals surface area contributed by atoms with Crippen molar-refractivity contribution in [2.45, 2.75) is 13.3 Å². The molecule has 44 valence electrons. The van der Waals surface area contributed by atoms with Gasteiger partial charge in [-0.25, -0.2) is 4.00 Å². The van der Waals surface area contributed by atoms with Gasteiger partial charge in [-0.1, -0.05) is 6.92 Å². The van der Waals surface area contributed by atoms with Crippen LogP contribution in [0.3, 0.4) is 0 Å². The van der Waals surface area contributed by atoms with Gasteiger partial charge in [-0.05, 0) is 6.42 Å². The van der Waals surface area contributed by atoms with Gasteiger partial charge in [-0.3, -0.25) is 0 Å². The molecule has 0 aliphatic rings. The number of hydrogen-bond acceptors (Lipinski definition) is 0. The average molecular weight is 123 g/mol. The smallest absolute Gasteiger partial charge is 0.164 e. The zero-order valence-corrected chi connectivity index (χ0v) is 6.00. The first kappa shape index (κ1) is 7.25. The molecule has 0 amide bonds. The normalized spacial score (nSPS) is 12.0. The molecule has 0 bridgehead atoms. The monoisotopic (exact) mass is 122 g/mol. The molecule has 0 radical (unpaired) electrons. The molecule has 0 atom stereocenters. The lowest BCUT2D eigenvalue weighted by atomic mass is 10.5. The molecule has 7 heavy (non-hydrogen) atoms. The zero-order chi connectivity index (χ0) is 5.91. The summed E-state index contributed by atoms with van der Waals surface area (Å²) in [7, 11) is 3.95. The highest BCUT2D eigenvalue weighted by Crippen LogP contribution is 2.01. The van der Waals surface area contributed by atoms with Gasteiger partial charge in [0.1, 0.15) is 0 Å². The molecule has 0 fully saturated rings. The molecular formula is C5H13ClN+. The highest BCUT2D eigenvalue weighted by Gasteiger charge is 2.06. The van der Waals surface area contributed by atoms with E-state index < -0.39 is 0 Å². The number of hydrogen-bond donors (Lipinski definition) is 0. The first-order chi connectivity index (χ1) is 3.06. The lowest BCUT2D eigenvalue weighted by molar-refractivity contribution is -0.771. The molecule has 0 spiro atoms. The van der Waals surface area contributed by atoms with Crippen LogP contribution in [-0.4, -0.2) is 24.6 Å². The van der Waals surface area contributed by atoms with Gasteiger partial charge in [0, 0.05) is 0 Å². The third-order valence-electron chi connectivity index (χ3n) is 0.755. The van der Waals surface area contributed by atoms with Crippen LogP contribution in [0.5, 0.6) is 0 Å². The van der Waals surface area contributed by atoms with Gasteiger partial charge in [0.05, 0.1) is 20.6 Å². The van der Waals surface area contributed by atoms with E-state index in [0.29, 0.717) is 4.00 Å². The first-order valence-electron chi connectivity index (χ1n) is 2.59. The molecule has 0 unspecified atom stereocenters. The molecule has 0 aromatic heterocycles. The first-order valence-corrected chi connectivity index (χ1v) is 2.92. The van der Waals surface area contributed by atoms with Gasteiger partial charge in [-0.2, -0.15) is 0 Å². The Hall–Kier alpha value is 0.250. The van der Waals surface area contributed by atoms with Crippen LogP contribution in [0.25, 0.3) is 0 Å². The fraction of sp³-hybridized carbons (Fsp3) is 1.00. The Kier molecular flexibility index (Phi) is 2.62.